The number of halogens is 3. The molecule has 0 radical (unpaired) electrons. The molecule has 1 aromatic carbocycles. The topological polar surface area (TPSA) is 31.4 Å². The van der Waals surface area contributed by atoms with Crippen LogP contribution in [0.3, 0.4) is 0 Å². The highest BCUT2D eigenvalue weighted by atomic mass is 35.5. The highest BCUT2D eigenvalue weighted by Crippen LogP contribution is 2.33. The molecular formula is C14H12Cl3NO2. The molecule has 0 aliphatic rings. The lowest BCUT2D eigenvalue weighted by molar-refractivity contribution is 0.296. The highest BCUT2D eigenvalue weighted by molar-refractivity contribution is 6.36. The summed E-state index contributed by atoms with van der Waals surface area (Å²) in [6, 6.07) is 8.80. The summed E-state index contributed by atoms with van der Waals surface area (Å²) in [4.78, 5) is 4.26. The van der Waals surface area contributed by atoms with Gasteiger partial charge in [-0.05, 0) is 18.2 Å². The molecule has 1 heterocycles. The van der Waals surface area contributed by atoms with Crippen LogP contribution in [0.5, 0.6) is 11.6 Å². The Kier molecular flexibility index (Phi) is 5.35. The van der Waals surface area contributed by atoms with Crippen LogP contribution in [0, 0.1) is 0 Å². The van der Waals surface area contributed by atoms with Crippen LogP contribution in [-0.2, 0) is 12.5 Å². The summed E-state index contributed by atoms with van der Waals surface area (Å²) in [6.07, 6.45) is 0. The summed E-state index contributed by atoms with van der Waals surface area (Å²) in [5, 5.41) is 0.952. The van der Waals surface area contributed by atoms with E-state index < -0.39 is 0 Å². The Morgan fingerprint density at radius 3 is 2.70 bits per heavy atom. The molecule has 6 heteroatoms. The summed E-state index contributed by atoms with van der Waals surface area (Å²) in [7, 11) is 1.56. The molecule has 20 heavy (non-hydrogen) atoms. The minimum Gasteiger partial charge on any atom is -0.485 e. The lowest BCUT2D eigenvalue weighted by Crippen LogP contribution is -2.01. The fourth-order valence-electron chi connectivity index (χ4n) is 1.67. The number of aromatic nitrogens is 1. The van der Waals surface area contributed by atoms with E-state index in [1.807, 2.05) is 12.1 Å². The lowest BCUT2D eigenvalue weighted by atomic mass is 10.2. The van der Waals surface area contributed by atoms with Crippen molar-refractivity contribution in [2.24, 2.45) is 0 Å². The molecule has 0 saturated carbocycles. The third-order valence-corrected chi connectivity index (χ3v) is 3.37. The zero-order chi connectivity index (χ0) is 14.5. The molecule has 0 fully saturated rings. The van der Waals surface area contributed by atoms with Crippen LogP contribution >= 0.6 is 34.8 Å². The van der Waals surface area contributed by atoms with E-state index in [0.717, 1.165) is 11.3 Å². The van der Waals surface area contributed by atoms with Crippen molar-refractivity contribution in [1.82, 2.24) is 4.98 Å². The quantitative estimate of drug-likeness (QED) is 0.743. The zero-order valence-electron chi connectivity index (χ0n) is 10.7. The molecule has 2 aromatic rings. The summed E-state index contributed by atoms with van der Waals surface area (Å²) in [6.45, 7) is 0.266. The second-order valence-corrected chi connectivity index (χ2v) is 5.08. The predicted octanol–water partition coefficient (Wildman–Crippen LogP) is 4.71. The second kappa shape index (κ2) is 7.02. The number of methoxy groups -OCH3 is 1. The Bertz CT molecular complexity index is 605. The van der Waals surface area contributed by atoms with Gasteiger partial charge in [0, 0.05) is 16.7 Å². The van der Waals surface area contributed by atoms with Gasteiger partial charge >= 0.3 is 0 Å². The van der Waals surface area contributed by atoms with Crippen molar-refractivity contribution in [3.05, 3.63) is 51.6 Å². The monoisotopic (exact) mass is 331 g/mol. The fraction of sp³-hybridized carbons (Fsp3) is 0.214. The molecule has 0 unspecified atom stereocenters. The maximum Gasteiger partial charge on any atom is 0.213 e. The van der Waals surface area contributed by atoms with Crippen LogP contribution in [0.4, 0.5) is 0 Å². The van der Waals surface area contributed by atoms with Gasteiger partial charge in [-0.1, -0.05) is 29.3 Å². The average Bonchev–Trinajstić information content (AvgIpc) is 2.45. The Labute approximate surface area is 132 Å². The van der Waals surface area contributed by atoms with Crippen molar-refractivity contribution in [3.63, 3.8) is 0 Å². The maximum absolute atomic E-state index is 6.13. The van der Waals surface area contributed by atoms with Gasteiger partial charge in [-0.2, -0.15) is 0 Å². The van der Waals surface area contributed by atoms with E-state index in [0.29, 0.717) is 21.7 Å². The number of ether oxygens (including phenoxy) is 2. The molecule has 2 rings (SSSR count). The minimum atomic E-state index is 0.265. The standard InChI is InChI=1S/C14H12Cl3NO2/c1-19-13-4-2-3-11(18-13)8-20-14-9(7-15)5-10(16)6-12(14)17/h2-6H,7-8H2,1H3. The number of nitrogens with zero attached hydrogens (tertiary/aromatic N) is 1. The SMILES string of the molecule is COc1cccc(COc2c(Cl)cc(Cl)cc2CCl)n1. The fourth-order valence-corrected chi connectivity index (χ4v) is 2.46. The number of pyridine rings is 1. The zero-order valence-corrected chi connectivity index (χ0v) is 13.0. The van der Waals surface area contributed by atoms with Crippen LogP contribution in [0.1, 0.15) is 11.3 Å². The summed E-state index contributed by atoms with van der Waals surface area (Å²) in [5.74, 6) is 1.32. The van der Waals surface area contributed by atoms with Gasteiger partial charge < -0.3 is 9.47 Å². The Morgan fingerprint density at radius 1 is 1.20 bits per heavy atom. The van der Waals surface area contributed by atoms with Crippen molar-refractivity contribution in [2.45, 2.75) is 12.5 Å². The van der Waals surface area contributed by atoms with E-state index in [-0.39, 0.29) is 12.5 Å². The summed E-state index contributed by atoms with van der Waals surface area (Å²) < 4.78 is 10.8. The minimum absolute atomic E-state index is 0.265. The van der Waals surface area contributed by atoms with Gasteiger partial charge in [-0.3, -0.25) is 0 Å². The molecule has 106 valence electrons. The summed E-state index contributed by atoms with van der Waals surface area (Å²) in [5.41, 5.74) is 1.47. The third-order valence-electron chi connectivity index (χ3n) is 2.58. The van der Waals surface area contributed by atoms with Gasteiger partial charge in [0.2, 0.25) is 5.88 Å². The molecule has 0 bridgehead atoms. The number of benzene rings is 1. The third kappa shape index (κ3) is 3.69. The maximum atomic E-state index is 6.13. The molecule has 0 aliphatic carbocycles. The van der Waals surface area contributed by atoms with E-state index in [1.165, 1.54) is 0 Å². The summed E-state index contributed by atoms with van der Waals surface area (Å²) >= 11 is 17.9. The highest BCUT2D eigenvalue weighted by Gasteiger charge is 2.11. The van der Waals surface area contributed by atoms with Crippen molar-refractivity contribution in [3.8, 4) is 11.6 Å². The number of hydrogen-bond donors (Lipinski definition) is 0. The van der Waals surface area contributed by atoms with Crippen LogP contribution in [0.15, 0.2) is 30.3 Å². The number of hydrogen-bond acceptors (Lipinski definition) is 3. The molecule has 1 aromatic heterocycles. The average molecular weight is 333 g/mol. The Hall–Kier alpha value is -1.16. The molecular weight excluding hydrogens is 321 g/mol. The Morgan fingerprint density at radius 2 is 2.00 bits per heavy atom. The molecule has 0 saturated heterocycles. The van der Waals surface area contributed by atoms with Crippen molar-refractivity contribution in [2.75, 3.05) is 7.11 Å². The van der Waals surface area contributed by atoms with E-state index in [1.54, 1.807) is 25.3 Å². The van der Waals surface area contributed by atoms with Crippen molar-refractivity contribution >= 4 is 34.8 Å². The van der Waals surface area contributed by atoms with Crippen LogP contribution in [-0.4, -0.2) is 12.1 Å². The normalized spacial score (nSPS) is 10.4. The van der Waals surface area contributed by atoms with Crippen molar-refractivity contribution in [1.29, 1.82) is 0 Å². The molecule has 0 atom stereocenters. The lowest BCUT2D eigenvalue weighted by Gasteiger charge is -2.12. The predicted molar refractivity (Wildman–Crippen MR) is 81.1 cm³/mol. The molecule has 0 aliphatic heterocycles. The smallest absolute Gasteiger partial charge is 0.213 e. The number of rotatable bonds is 5. The largest absolute Gasteiger partial charge is 0.485 e. The van der Waals surface area contributed by atoms with Crippen LogP contribution < -0.4 is 9.47 Å². The van der Waals surface area contributed by atoms with Crippen LogP contribution in [0.2, 0.25) is 10.0 Å². The molecule has 3 nitrogen and oxygen atoms in total. The first-order valence-corrected chi connectivity index (χ1v) is 7.09. The van der Waals surface area contributed by atoms with Gasteiger partial charge in [0.25, 0.3) is 0 Å². The Balaban J connectivity index is 2.18. The van der Waals surface area contributed by atoms with Gasteiger partial charge in [0.05, 0.1) is 23.7 Å². The first kappa shape index (κ1) is 15.2. The van der Waals surface area contributed by atoms with Crippen LogP contribution in [0.25, 0.3) is 0 Å². The van der Waals surface area contributed by atoms with E-state index >= 15 is 0 Å². The van der Waals surface area contributed by atoms with Gasteiger partial charge in [0.15, 0.2) is 0 Å². The van der Waals surface area contributed by atoms with E-state index in [9.17, 15) is 0 Å². The van der Waals surface area contributed by atoms with Gasteiger partial charge in [0.1, 0.15) is 12.4 Å². The van der Waals surface area contributed by atoms with Gasteiger partial charge in [-0.25, -0.2) is 4.98 Å². The first-order chi connectivity index (χ1) is 9.63. The molecule has 0 amide bonds. The molecule has 0 N–H and O–H groups in total. The second-order valence-electron chi connectivity index (χ2n) is 3.97. The van der Waals surface area contributed by atoms with Crippen molar-refractivity contribution < 1.29 is 9.47 Å². The number of alkyl halides is 1. The van der Waals surface area contributed by atoms with E-state index in [4.69, 9.17) is 44.3 Å². The van der Waals surface area contributed by atoms with E-state index in [2.05, 4.69) is 4.98 Å². The molecule has 0 spiro atoms. The van der Waals surface area contributed by atoms with Gasteiger partial charge in [-0.15, -0.1) is 11.6 Å². The first-order valence-electron chi connectivity index (χ1n) is 5.80.